The van der Waals surface area contributed by atoms with Crippen LogP contribution in [0.1, 0.15) is 52.9 Å². The van der Waals surface area contributed by atoms with Crippen LogP contribution in [0.4, 0.5) is 5.69 Å². The van der Waals surface area contributed by atoms with E-state index in [-0.39, 0.29) is 5.91 Å². The molecule has 0 aromatic heterocycles. The molecule has 0 radical (unpaired) electrons. The summed E-state index contributed by atoms with van der Waals surface area (Å²) in [7, 11) is 0. The summed E-state index contributed by atoms with van der Waals surface area (Å²) in [5, 5.41) is 2.91. The molecule has 2 rings (SSSR count). The number of carbonyl (C=O) groups is 1. The molecule has 0 saturated carbocycles. The van der Waals surface area contributed by atoms with Crippen molar-refractivity contribution in [3.05, 3.63) is 24.3 Å². The summed E-state index contributed by atoms with van der Waals surface area (Å²) in [4.78, 5) is 14.8. The molecule has 0 spiro atoms. The number of rotatable bonds is 9. The molecule has 146 valence electrons. The number of nitrogens with one attached hydrogen (secondary N) is 1. The molecule has 1 fully saturated rings. The van der Waals surface area contributed by atoms with Crippen LogP contribution in [0.5, 0.6) is 5.75 Å². The van der Waals surface area contributed by atoms with E-state index in [1.807, 2.05) is 31.2 Å². The van der Waals surface area contributed by atoms with Gasteiger partial charge in [0.05, 0.1) is 0 Å². The number of amides is 1. The molecular weight excluding hydrogens is 328 g/mol. The Morgan fingerprint density at radius 2 is 1.73 bits per heavy atom. The second-order valence-electron chi connectivity index (χ2n) is 7.44. The molecule has 0 atom stereocenters. The van der Waals surface area contributed by atoms with Gasteiger partial charge in [0.15, 0.2) is 0 Å². The van der Waals surface area contributed by atoms with Crippen molar-refractivity contribution in [1.29, 1.82) is 0 Å². The lowest BCUT2D eigenvalue weighted by Gasteiger charge is -2.24. The highest BCUT2D eigenvalue weighted by Crippen LogP contribution is 2.19. The average molecular weight is 363 g/mol. The van der Waals surface area contributed by atoms with E-state index < -0.39 is 5.60 Å². The van der Waals surface area contributed by atoms with Gasteiger partial charge < -0.3 is 14.8 Å². The lowest BCUT2D eigenvalue weighted by molar-refractivity contribution is -0.137. The number of ether oxygens (including phenoxy) is 2. The minimum Gasteiger partial charge on any atom is -0.492 e. The number of likely N-dealkylation sites (tertiary alicyclic amines) is 1. The molecule has 1 heterocycles. The lowest BCUT2D eigenvalue weighted by atomic mass is 10.1. The van der Waals surface area contributed by atoms with Gasteiger partial charge in [-0.1, -0.05) is 19.8 Å². The minimum atomic E-state index is -0.835. The van der Waals surface area contributed by atoms with E-state index >= 15 is 0 Å². The number of benzene rings is 1. The van der Waals surface area contributed by atoms with E-state index in [9.17, 15) is 4.79 Å². The van der Waals surface area contributed by atoms with Gasteiger partial charge in [-0.3, -0.25) is 9.69 Å². The molecular formula is C21H34N2O3. The highest BCUT2D eigenvalue weighted by Gasteiger charge is 2.28. The van der Waals surface area contributed by atoms with Gasteiger partial charge in [-0.05, 0) is 70.5 Å². The highest BCUT2D eigenvalue weighted by atomic mass is 16.5. The average Bonchev–Trinajstić information content (AvgIpc) is 2.90. The second-order valence-corrected chi connectivity index (χ2v) is 7.44. The standard InChI is InChI=1S/C21H34N2O3/c1-4-16-26-21(2,3)20(24)22-18-9-11-19(12-10-18)25-17-15-23-13-7-5-6-8-14-23/h9-12H,4-8,13-17H2,1-3H3,(H,22,24). The van der Waals surface area contributed by atoms with Crippen LogP contribution in [-0.4, -0.2) is 49.3 Å². The second kappa shape index (κ2) is 10.5. The van der Waals surface area contributed by atoms with E-state index in [0.29, 0.717) is 13.2 Å². The van der Waals surface area contributed by atoms with Crippen LogP contribution in [0, 0.1) is 0 Å². The molecule has 1 saturated heterocycles. The lowest BCUT2D eigenvalue weighted by Crippen LogP contribution is -2.40. The van der Waals surface area contributed by atoms with E-state index in [0.717, 1.165) is 24.4 Å². The first-order valence-electron chi connectivity index (χ1n) is 9.92. The van der Waals surface area contributed by atoms with Crippen molar-refractivity contribution in [1.82, 2.24) is 4.90 Å². The zero-order valence-electron chi connectivity index (χ0n) is 16.6. The van der Waals surface area contributed by atoms with Crippen molar-refractivity contribution in [2.75, 3.05) is 38.2 Å². The van der Waals surface area contributed by atoms with E-state index in [1.54, 1.807) is 13.8 Å². The van der Waals surface area contributed by atoms with Gasteiger partial charge in [0.2, 0.25) is 0 Å². The predicted molar refractivity (Wildman–Crippen MR) is 106 cm³/mol. The molecule has 1 amide bonds. The first-order valence-corrected chi connectivity index (χ1v) is 9.92. The summed E-state index contributed by atoms with van der Waals surface area (Å²) >= 11 is 0. The predicted octanol–water partition coefficient (Wildman–Crippen LogP) is 4.09. The van der Waals surface area contributed by atoms with Crippen molar-refractivity contribution in [2.45, 2.75) is 58.5 Å². The van der Waals surface area contributed by atoms with E-state index in [4.69, 9.17) is 9.47 Å². The van der Waals surface area contributed by atoms with E-state index in [1.165, 1.54) is 38.8 Å². The van der Waals surface area contributed by atoms with E-state index in [2.05, 4.69) is 10.2 Å². The Morgan fingerprint density at radius 3 is 2.35 bits per heavy atom. The fourth-order valence-corrected chi connectivity index (χ4v) is 2.99. The summed E-state index contributed by atoms with van der Waals surface area (Å²) in [6.07, 6.45) is 6.19. The topological polar surface area (TPSA) is 50.8 Å². The van der Waals surface area contributed by atoms with Gasteiger partial charge in [0, 0.05) is 18.8 Å². The van der Waals surface area contributed by atoms with Crippen molar-refractivity contribution >= 4 is 11.6 Å². The van der Waals surface area contributed by atoms with Crippen LogP contribution in [0.15, 0.2) is 24.3 Å². The fourth-order valence-electron chi connectivity index (χ4n) is 2.99. The normalized spacial score (nSPS) is 16.1. The minimum absolute atomic E-state index is 0.138. The first kappa shape index (κ1) is 20.7. The Kier molecular flexibility index (Phi) is 8.39. The quantitative estimate of drug-likeness (QED) is 0.719. The van der Waals surface area contributed by atoms with Gasteiger partial charge >= 0.3 is 0 Å². The van der Waals surface area contributed by atoms with Crippen molar-refractivity contribution in [3.63, 3.8) is 0 Å². The van der Waals surface area contributed by atoms with Gasteiger partial charge in [-0.2, -0.15) is 0 Å². The Morgan fingerprint density at radius 1 is 1.08 bits per heavy atom. The van der Waals surface area contributed by atoms with Gasteiger partial charge in [0.25, 0.3) is 5.91 Å². The molecule has 1 aliphatic heterocycles. The maximum absolute atomic E-state index is 12.3. The smallest absolute Gasteiger partial charge is 0.256 e. The molecule has 1 aromatic rings. The van der Waals surface area contributed by atoms with Crippen LogP contribution in [-0.2, 0) is 9.53 Å². The summed E-state index contributed by atoms with van der Waals surface area (Å²) in [6.45, 7) is 10.2. The molecule has 1 aromatic carbocycles. The van der Waals surface area contributed by atoms with Crippen LogP contribution in [0.25, 0.3) is 0 Å². The van der Waals surface area contributed by atoms with Gasteiger partial charge in [-0.15, -0.1) is 0 Å². The Bertz CT molecular complexity index is 535. The van der Waals surface area contributed by atoms with Crippen LogP contribution in [0.3, 0.4) is 0 Å². The molecule has 1 aliphatic rings. The SMILES string of the molecule is CCCOC(C)(C)C(=O)Nc1ccc(OCCN2CCCCCC2)cc1. The Hall–Kier alpha value is -1.59. The molecule has 1 N–H and O–H groups in total. The summed E-state index contributed by atoms with van der Waals surface area (Å²) in [5.41, 5.74) is -0.0822. The molecule has 5 nitrogen and oxygen atoms in total. The number of hydrogen-bond acceptors (Lipinski definition) is 4. The van der Waals surface area contributed by atoms with Gasteiger partial charge in [-0.25, -0.2) is 0 Å². The maximum atomic E-state index is 12.3. The third kappa shape index (κ3) is 6.96. The third-order valence-corrected chi connectivity index (χ3v) is 4.70. The fraction of sp³-hybridized carbons (Fsp3) is 0.667. The van der Waals surface area contributed by atoms with Crippen molar-refractivity contribution in [3.8, 4) is 5.75 Å². The zero-order chi connectivity index (χ0) is 18.8. The molecule has 0 aliphatic carbocycles. The monoisotopic (exact) mass is 362 g/mol. The number of carbonyl (C=O) groups excluding carboxylic acids is 1. The third-order valence-electron chi connectivity index (χ3n) is 4.70. The summed E-state index contributed by atoms with van der Waals surface area (Å²) < 4.78 is 11.5. The molecule has 5 heteroatoms. The van der Waals surface area contributed by atoms with Crippen molar-refractivity contribution in [2.24, 2.45) is 0 Å². The zero-order valence-corrected chi connectivity index (χ0v) is 16.6. The molecule has 26 heavy (non-hydrogen) atoms. The maximum Gasteiger partial charge on any atom is 0.256 e. The summed E-state index contributed by atoms with van der Waals surface area (Å²) in [5.74, 6) is 0.695. The number of anilines is 1. The Balaban J connectivity index is 1.75. The van der Waals surface area contributed by atoms with Crippen LogP contribution < -0.4 is 10.1 Å². The first-order chi connectivity index (χ1) is 12.5. The number of nitrogens with zero attached hydrogens (tertiary/aromatic N) is 1. The van der Waals surface area contributed by atoms with Crippen LogP contribution >= 0.6 is 0 Å². The van der Waals surface area contributed by atoms with Gasteiger partial charge in [0.1, 0.15) is 18.0 Å². The molecule has 0 bridgehead atoms. The largest absolute Gasteiger partial charge is 0.492 e. The Labute approximate surface area is 158 Å². The summed E-state index contributed by atoms with van der Waals surface area (Å²) in [6, 6.07) is 7.54. The van der Waals surface area contributed by atoms with Crippen LogP contribution in [0.2, 0.25) is 0 Å². The highest BCUT2D eigenvalue weighted by molar-refractivity contribution is 5.96. The van der Waals surface area contributed by atoms with Crippen molar-refractivity contribution < 1.29 is 14.3 Å². The number of hydrogen-bond donors (Lipinski definition) is 1. The molecule has 0 unspecified atom stereocenters.